The lowest BCUT2D eigenvalue weighted by Gasteiger charge is -1.89. The molecule has 1 rings (SSSR count). The van der Waals surface area contributed by atoms with Crippen LogP contribution in [0.25, 0.3) is 0 Å². The average Bonchev–Trinajstić information content (AvgIpc) is 2.12. The minimum absolute atomic E-state index is 0.498. The summed E-state index contributed by atoms with van der Waals surface area (Å²) < 4.78 is 0. The van der Waals surface area contributed by atoms with E-state index in [1.807, 2.05) is 6.08 Å². The summed E-state index contributed by atoms with van der Waals surface area (Å²) in [5.74, 6) is 0.690. The van der Waals surface area contributed by atoms with Gasteiger partial charge in [-0.05, 0) is 5.37 Å². The zero-order chi connectivity index (χ0) is 5.98. The molecule has 1 atom stereocenters. The number of carbonyl (C=O) groups is 1. The highest BCUT2D eigenvalue weighted by Crippen LogP contribution is 2.16. The number of allylic oxidation sites excluding steroid dienone is 1. The Bertz CT molecular complexity index is 169. The highest BCUT2D eigenvalue weighted by atomic mass is 32.2. The molecule has 0 radical (unpaired) electrons. The van der Waals surface area contributed by atoms with E-state index in [0.29, 0.717) is 5.75 Å². The molecule has 0 fully saturated rings. The fourth-order valence-electron chi connectivity index (χ4n) is 0.495. The molecule has 44 valence electrons. The van der Waals surface area contributed by atoms with Crippen molar-refractivity contribution in [2.45, 2.75) is 0 Å². The topological polar surface area (TPSA) is 37.3 Å². The maximum Gasteiger partial charge on any atom is 0.359 e. The van der Waals surface area contributed by atoms with E-state index in [-0.39, 0.29) is 0 Å². The normalized spacial score (nSPS) is 25.2. The first kappa shape index (κ1) is 5.56. The van der Waals surface area contributed by atoms with Gasteiger partial charge in [0.25, 0.3) is 0 Å². The van der Waals surface area contributed by atoms with Crippen LogP contribution < -0.4 is 0 Å². The number of carboxylic acid groups (broad SMARTS) is 1. The van der Waals surface area contributed by atoms with Gasteiger partial charge in [0.15, 0.2) is 0 Å². The van der Waals surface area contributed by atoms with Crippen LogP contribution in [0.4, 0.5) is 4.79 Å². The highest BCUT2D eigenvalue weighted by molar-refractivity contribution is 8.27. The maximum absolute atomic E-state index is 10.1. The Labute approximate surface area is 49.8 Å². The predicted molar refractivity (Wildman–Crippen MR) is 35.7 cm³/mol. The summed E-state index contributed by atoms with van der Waals surface area (Å²) in [5, 5.41) is 9.38. The highest BCUT2D eigenvalue weighted by Gasteiger charge is 2.03. The van der Waals surface area contributed by atoms with Gasteiger partial charge in [-0.1, -0.05) is 22.6 Å². The lowest BCUT2D eigenvalue weighted by Crippen LogP contribution is -1.87. The summed E-state index contributed by atoms with van der Waals surface area (Å²) in [6.07, 6.45) is 3.68. The number of hydrogen-bond donors (Lipinski definition) is 1. The van der Waals surface area contributed by atoms with Gasteiger partial charge in [0.05, 0.1) is 0 Å². The van der Waals surface area contributed by atoms with Crippen molar-refractivity contribution in [1.29, 1.82) is 0 Å². The van der Waals surface area contributed by atoms with E-state index in [2.05, 4.69) is 0 Å². The third-order valence-electron chi connectivity index (χ3n) is 0.879. The molecule has 1 heterocycles. The van der Waals surface area contributed by atoms with Crippen LogP contribution >= 0.6 is 10.5 Å². The Kier molecular flexibility index (Phi) is 1.48. The van der Waals surface area contributed by atoms with Crippen LogP contribution in [-0.2, 0) is 0 Å². The average molecular weight is 130 g/mol. The van der Waals surface area contributed by atoms with Gasteiger partial charge in [-0.3, -0.25) is 0 Å². The van der Waals surface area contributed by atoms with Crippen molar-refractivity contribution in [1.82, 2.24) is 0 Å². The van der Waals surface area contributed by atoms with Crippen LogP contribution in [0.1, 0.15) is 0 Å². The molecular formula is C5H6O2S. The largest absolute Gasteiger partial charge is 0.473 e. The summed E-state index contributed by atoms with van der Waals surface area (Å²) >= 11 is 0. The van der Waals surface area contributed by atoms with Gasteiger partial charge in [-0.25, -0.2) is 4.79 Å². The molecule has 2 nitrogen and oxygen atoms in total. The van der Waals surface area contributed by atoms with Gasteiger partial charge in [0.1, 0.15) is 0 Å². The van der Waals surface area contributed by atoms with Gasteiger partial charge in [0, 0.05) is 5.75 Å². The zero-order valence-electron chi connectivity index (χ0n) is 4.20. The SMILES string of the molecule is O=C(O)S1=CC=CC1. The second-order valence-corrected chi connectivity index (χ2v) is 3.24. The van der Waals surface area contributed by atoms with Crippen LogP contribution in [0.2, 0.25) is 0 Å². The van der Waals surface area contributed by atoms with Crippen molar-refractivity contribution in [2.24, 2.45) is 0 Å². The molecule has 0 saturated heterocycles. The fraction of sp³-hybridized carbons (Fsp3) is 0.200. The van der Waals surface area contributed by atoms with Gasteiger partial charge in [0.2, 0.25) is 0 Å². The van der Waals surface area contributed by atoms with Gasteiger partial charge in [-0.15, -0.1) is 0 Å². The minimum Gasteiger partial charge on any atom is -0.473 e. The molecule has 0 aromatic heterocycles. The molecule has 0 spiro atoms. The summed E-state index contributed by atoms with van der Waals surface area (Å²) in [7, 11) is -0.498. The molecule has 1 aliphatic heterocycles. The van der Waals surface area contributed by atoms with Crippen LogP contribution in [0.3, 0.4) is 0 Å². The van der Waals surface area contributed by atoms with Crippen molar-refractivity contribution in [2.75, 3.05) is 5.75 Å². The number of hydrogen-bond acceptors (Lipinski definition) is 1. The quantitative estimate of drug-likeness (QED) is 0.502. The van der Waals surface area contributed by atoms with E-state index in [4.69, 9.17) is 5.11 Å². The molecule has 0 bridgehead atoms. The summed E-state index contributed by atoms with van der Waals surface area (Å²) in [4.78, 5) is 10.1. The molecule has 0 saturated carbocycles. The molecule has 1 unspecified atom stereocenters. The standard InChI is InChI=1S/C5H6O2S/c6-5(7)8-3-1-2-4-8/h1-3H,4H2,(H,6,7). The Morgan fingerprint density at radius 3 is 2.75 bits per heavy atom. The van der Waals surface area contributed by atoms with Crippen molar-refractivity contribution < 1.29 is 9.90 Å². The zero-order valence-corrected chi connectivity index (χ0v) is 5.02. The third kappa shape index (κ3) is 0.980. The van der Waals surface area contributed by atoms with Crippen molar-refractivity contribution in [3.63, 3.8) is 0 Å². The lowest BCUT2D eigenvalue weighted by atomic mass is 10.6. The molecule has 0 aliphatic carbocycles. The fourth-order valence-corrected chi connectivity index (χ4v) is 1.48. The van der Waals surface area contributed by atoms with Gasteiger partial charge >= 0.3 is 5.30 Å². The first-order valence-corrected chi connectivity index (χ1v) is 3.69. The number of rotatable bonds is 0. The van der Waals surface area contributed by atoms with Gasteiger partial charge in [-0.2, -0.15) is 0 Å². The van der Waals surface area contributed by atoms with Crippen molar-refractivity contribution in [3.05, 3.63) is 12.2 Å². The maximum atomic E-state index is 10.1. The smallest absolute Gasteiger partial charge is 0.359 e. The molecule has 1 N–H and O–H groups in total. The molecule has 0 aromatic rings. The summed E-state index contributed by atoms with van der Waals surface area (Å²) in [6.45, 7) is 0. The molecule has 0 aromatic carbocycles. The Hall–Kier alpha value is -0.570. The van der Waals surface area contributed by atoms with E-state index in [0.717, 1.165) is 0 Å². The second kappa shape index (κ2) is 2.13. The van der Waals surface area contributed by atoms with Crippen molar-refractivity contribution >= 4 is 21.2 Å². The predicted octanol–water partition coefficient (Wildman–Crippen LogP) is 1.31. The van der Waals surface area contributed by atoms with E-state index >= 15 is 0 Å². The monoisotopic (exact) mass is 130 g/mol. The molecular weight excluding hydrogens is 124 g/mol. The van der Waals surface area contributed by atoms with E-state index in [1.165, 1.54) is 0 Å². The first-order chi connectivity index (χ1) is 3.80. The molecule has 0 amide bonds. The van der Waals surface area contributed by atoms with Crippen molar-refractivity contribution in [3.8, 4) is 0 Å². The lowest BCUT2D eigenvalue weighted by molar-refractivity contribution is 0.222. The van der Waals surface area contributed by atoms with Crippen LogP contribution in [0.15, 0.2) is 12.2 Å². The Balaban J connectivity index is 2.64. The molecule has 8 heavy (non-hydrogen) atoms. The minimum atomic E-state index is -0.699. The van der Waals surface area contributed by atoms with E-state index < -0.39 is 15.8 Å². The second-order valence-electron chi connectivity index (χ2n) is 1.43. The van der Waals surface area contributed by atoms with E-state index in [9.17, 15) is 4.79 Å². The first-order valence-electron chi connectivity index (χ1n) is 2.23. The summed E-state index contributed by atoms with van der Waals surface area (Å²) in [6, 6.07) is 0. The Morgan fingerprint density at radius 2 is 2.50 bits per heavy atom. The Morgan fingerprint density at radius 1 is 1.75 bits per heavy atom. The molecule has 1 aliphatic rings. The summed E-state index contributed by atoms with van der Waals surface area (Å²) in [5.41, 5.74) is 0. The van der Waals surface area contributed by atoms with E-state index in [1.54, 1.807) is 11.4 Å². The van der Waals surface area contributed by atoms with Gasteiger partial charge < -0.3 is 5.11 Å². The van der Waals surface area contributed by atoms with Crippen LogP contribution in [0, 0.1) is 0 Å². The van der Waals surface area contributed by atoms with Crippen LogP contribution in [0.5, 0.6) is 0 Å². The van der Waals surface area contributed by atoms with Crippen LogP contribution in [-0.4, -0.2) is 21.5 Å². The molecule has 3 heteroatoms. The third-order valence-corrected chi connectivity index (χ3v) is 2.36.